The van der Waals surface area contributed by atoms with Gasteiger partial charge in [0.05, 0.1) is 38.6 Å². The monoisotopic (exact) mass is 445 g/mol. The van der Waals surface area contributed by atoms with Gasteiger partial charge in [-0.05, 0) is 29.8 Å². The Morgan fingerprint density at radius 3 is 1.91 bits per heavy atom. The van der Waals surface area contributed by atoms with Crippen molar-refractivity contribution in [3.63, 3.8) is 0 Å². The van der Waals surface area contributed by atoms with Crippen LogP contribution in [0.4, 0.5) is 5.69 Å². The third-order valence-corrected chi connectivity index (χ3v) is 5.57. The summed E-state index contributed by atoms with van der Waals surface area (Å²) < 4.78 is 16.3. The molecule has 3 aromatic carbocycles. The lowest BCUT2D eigenvalue weighted by atomic mass is 9.94. The number of ketones is 1. The topological polar surface area (TPSA) is 85.3 Å². The van der Waals surface area contributed by atoms with E-state index in [9.17, 15) is 14.7 Å². The average molecular weight is 445 g/mol. The molecule has 0 bridgehead atoms. The quantitative estimate of drug-likeness (QED) is 0.345. The highest BCUT2D eigenvalue weighted by Gasteiger charge is 2.48. The SMILES string of the molecule is COc1ccccc1N1C(=O)C(=O)/C(=C(/O)c2c(OC)cccc2OC)C1c1ccccc1. The molecule has 4 rings (SSSR count). The van der Waals surface area contributed by atoms with Gasteiger partial charge in [0.15, 0.2) is 0 Å². The highest BCUT2D eigenvalue weighted by molar-refractivity contribution is 6.52. The molecule has 7 nitrogen and oxygen atoms in total. The number of hydrogen-bond donors (Lipinski definition) is 1. The third-order valence-electron chi connectivity index (χ3n) is 5.57. The predicted octanol–water partition coefficient (Wildman–Crippen LogP) is 4.34. The van der Waals surface area contributed by atoms with Crippen LogP contribution in [-0.4, -0.2) is 38.1 Å². The molecule has 1 fully saturated rings. The number of aliphatic hydroxyl groups is 1. The van der Waals surface area contributed by atoms with E-state index in [4.69, 9.17) is 14.2 Å². The van der Waals surface area contributed by atoms with Gasteiger partial charge in [-0.3, -0.25) is 14.5 Å². The molecule has 33 heavy (non-hydrogen) atoms. The summed E-state index contributed by atoms with van der Waals surface area (Å²) in [5, 5.41) is 11.4. The second kappa shape index (κ2) is 9.08. The molecule has 0 saturated carbocycles. The van der Waals surface area contributed by atoms with Crippen molar-refractivity contribution in [2.45, 2.75) is 6.04 Å². The van der Waals surface area contributed by atoms with Gasteiger partial charge in [-0.1, -0.05) is 48.5 Å². The minimum atomic E-state index is -0.892. The first-order valence-corrected chi connectivity index (χ1v) is 10.2. The van der Waals surface area contributed by atoms with E-state index in [1.165, 1.54) is 26.2 Å². The number of rotatable bonds is 6. The Kier molecular flexibility index (Phi) is 6.04. The van der Waals surface area contributed by atoms with Crippen molar-refractivity contribution >= 4 is 23.1 Å². The van der Waals surface area contributed by atoms with E-state index in [-0.39, 0.29) is 16.9 Å². The third kappa shape index (κ3) is 3.67. The minimum absolute atomic E-state index is 0.0695. The number of methoxy groups -OCH3 is 3. The molecule has 1 heterocycles. The van der Waals surface area contributed by atoms with E-state index in [2.05, 4.69) is 0 Å². The van der Waals surface area contributed by atoms with Gasteiger partial charge in [0.25, 0.3) is 11.7 Å². The predicted molar refractivity (Wildman–Crippen MR) is 124 cm³/mol. The van der Waals surface area contributed by atoms with Crippen LogP contribution < -0.4 is 19.1 Å². The minimum Gasteiger partial charge on any atom is -0.506 e. The zero-order valence-electron chi connectivity index (χ0n) is 18.4. The molecule has 1 atom stereocenters. The Balaban J connectivity index is 2.03. The van der Waals surface area contributed by atoms with Crippen molar-refractivity contribution in [2.75, 3.05) is 26.2 Å². The zero-order valence-corrected chi connectivity index (χ0v) is 18.4. The van der Waals surface area contributed by atoms with Crippen molar-refractivity contribution in [2.24, 2.45) is 0 Å². The van der Waals surface area contributed by atoms with Crippen molar-refractivity contribution in [1.29, 1.82) is 0 Å². The summed E-state index contributed by atoms with van der Waals surface area (Å²) in [5.41, 5.74) is 1.20. The first kappa shape index (κ1) is 22.0. The maximum Gasteiger partial charge on any atom is 0.300 e. The molecule has 0 radical (unpaired) electrons. The van der Waals surface area contributed by atoms with E-state index < -0.39 is 17.7 Å². The lowest BCUT2D eigenvalue weighted by molar-refractivity contribution is -0.132. The first-order chi connectivity index (χ1) is 16.0. The van der Waals surface area contributed by atoms with Crippen LogP contribution in [0.1, 0.15) is 17.2 Å². The highest BCUT2D eigenvalue weighted by Crippen LogP contribution is 2.46. The van der Waals surface area contributed by atoms with Gasteiger partial charge in [-0.15, -0.1) is 0 Å². The molecular weight excluding hydrogens is 422 g/mol. The fourth-order valence-electron chi connectivity index (χ4n) is 4.08. The number of carbonyl (C=O) groups excluding carboxylic acids is 2. The van der Waals surface area contributed by atoms with Crippen LogP contribution in [0.2, 0.25) is 0 Å². The molecule has 168 valence electrons. The number of Topliss-reactive ketones (excluding diaryl/α,β-unsaturated/α-hetero) is 1. The molecule has 1 aliphatic heterocycles. The molecule has 7 heteroatoms. The summed E-state index contributed by atoms with van der Waals surface area (Å²) in [6, 6.07) is 20.1. The Bertz CT molecular complexity index is 1210. The van der Waals surface area contributed by atoms with Crippen LogP contribution in [0.5, 0.6) is 17.2 Å². The Labute approximate surface area is 191 Å². The van der Waals surface area contributed by atoms with Crippen molar-refractivity contribution < 1.29 is 28.9 Å². The number of amides is 1. The van der Waals surface area contributed by atoms with Gasteiger partial charge in [0, 0.05) is 0 Å². The van der Waals surface area contributed by atoms with Crippen LogP contribution in [0.3, 0.4) is 0 Å². The highest BCUT2D eigenvalue weighted by atomic mass is 16.5. The second-order valence-corrected chi connectivity index (χ2v) is 7.29. The summed E-state index contributed by atoms with van der Waals surface area (Å²) in [4.78, 5) is 28.0. The van der Waals surface area contributed by atoms with Gasteiger partial charge < -0.3 is 19.3 Å². The summed E-state index contributed by atoms with van der Waals surface area (Å²) >= 11 is 0. The maximum absolute atomic E-state index is 13.4. The molecular formula is C26H23NO6. The second-order valence-electron chi connectivity index (χ2n) is 7.29. The van der Waals surface area contributed by atoms with Crippen LogP contribution in [0.25, 0.3) is 5.76 Å². The van der Waals surface area contributed by atoms with Crippen LogP contribution in [0, 0.1) is 0 Å². The van der Waals surface area contributed by atoms with E-state index in [0.29, 0.717) is 28.5 Å². The summed E-state index contributed by atoms with van der Waals surface area (Å²) in [6.45, 7) is 0. The Morgan fingerprint density at radius 1 is 0.758 bits per heavy atom. The van der Waals surface area contributed by atoms with Gasteiger partial charge in [-0.2, -0.15) is 0 Å². The van der Waals surface area contributed by atoms with Gasteiger partial charge in [0.2, 0.25) is 0 Å². The number of nitrogens with zero attached hydrogens (tertiary/aromatic N) is 1. The summed E-state index contributed by atoms with van der Waals surface area (Å²) in [6.07, 6.45) is 0. The van der Waals surface area contributed by atoms with Gasteiger partial charge in [-0.25, -0.2) is 0 Å². The molecule has 1 aliphatic rings. The molecule has 1 saturated heterocycles. The molecule has 1 unspecified atom stereocenters. The van der Waals surface area contributed by atoms with Crippen LogP contribution >= 0.6 is 0 Å². The molecule has 1 N–H and O–H groups in total. The van der Waals surface area contributed by atoms with Crippen molar-refractivity contribution in [3.8, 4) is 17.2 Å². The smallest absolute Gasteiger partial charge is 0.300 e. The molecule has 0 aromatic heterocycles. The van der Waals surface area contributed by atoms with Gasteiger partial charge in [0.1, 0.15) is 28.6 Å². The largest absolute Gasteiger partial charge is 0.506 e. The summed E-state index contributed by atoms with van der Waals surface area (Å²) in [7, 11) is 4.40. The van der Waals surface area contributed by atoms with E-state index in [0.717, 1.165) is 0 Å². The van der Waals surface area contributed by atoms with Crippen LogP contribution in [0.15, 0.2) is 78.4 Å². The fourth-order valence-corrected chi connectivity index (χ4v) is 4.08. The van der Waals surface area contributed by atoms with E-state index >= 15 is 0 Å². The molecule has 1 amide bonds. The number of ether oxygens (including phenoxy) is 3. The van der Waals surface area contributed by atoms with Crippen molar-refractivity contribution in [3.05, 3.63) is 89.5 Å². The lowest BCUT2D eigenvalue weighted by Gasteiger charge is -2.27. The first-order valence-electron chi connectivity index (χ1n) is 10.2. The molecule has 3 aromatic rings. The van der Waals surface area contributed by atoms with Gasteiger partial charge >= 0.3 is 0 Å². The normalized spacial score (nSPS) is 17.2. The number of anilines is 1. The Morgan fingerprint density at radius 2 is 1.30 bits per heavy atom. The maximum atomic E-state index is 13.4. The lowest BCUT2D eigenvalue weighted by Crippen LogP contribution is -2.29. The fraction of sp³-hybridized carbons (Fsp3) is 0.154. The molecule has 0 spiro atoms. The molecule has 0 aliphatic carbocycles. The number of carbonyl (C=O) groups is 2. The van der Waals surface area contributed by atoms with E-state index in [1.807, 2.05) is 6.07 Å². The average Bonchev–Trinajstić information content (AvgIpc) is 3.13. The number of hydrogen-bond acceptors (Lipinski definition) is 6. The van der Waals surface area contributed by atoms with Crippen molar-refractivity contribution in [1.82, 2.24) is 0 Å². The number of aliphatic hydroxyl groups excluding tert-OH is 1. The van der Waals surface area contributed by atoms with Crippen LogP contribution in [-0.2, 0) is 9.59 Å². The summed E-state index contributed by atoms with van der Waals surface area (Å²) in [5.74, 6) is -0.933. The number of benzene rings is 3. The van der Waals surface area contributed by atoms with E-state index in [1.54, 1.807) is 66.7 Å². The standard InChI is InChI=1S/C26H23NO6/c1-31-18-13-8-7-12-17(18)27-23(16-10-5-4-6-11-16)22(25(29)26(27)30)24(28)21-19(32-2)14-9-15-20(21)33-3/h4-15,23,28H,1-3H3/b24-22+. The Hall–Kier alpha value is -4.26. The number of para-hydroxylation sites is 2. The zero-order chi connectivity index (χ0) is 23.5.